The third-order valence-electron chi connectivity index (χ3n) is 3.73. The number of ether oxygens (including phenoxy) is 1. The number of nitrogens with one attached hydrogen (secondary N) is 1. The van der Waals surface area contributed by atoms with E-state index in [1.54, 1.807) is 13.2 Å². The molecular weight excluding hydrogens is 256 g/mol. The van der Waals surface area contributed by atoms with Crippen LogP contribution < -0.4 is 5.32 Å². The van der Waals surface area contributed by atoms with Crippen LogP contribution in [0.15, 0.2) is 16.5 Å². The minimum absolute atomic E-state index is 0.180. The lowest BCUT2D eigenvalue weighted by Gasteiger charge is -2.29. The minimum atomic E-state index is -0.180. The zero-order chi connectivity index (χ0) is 14.4. The molecule has 1 aromatic rings. The normalized spacial score (nSPS) is 17.3. The van der Waals surface area contributed by atoms with Crippen LogP contribution in [-0.4, -0.2) is 44.2 Å². The highest BCUT2D eigenvalue weighted by Gasteiger charge is 2.18. The molecule has 1 aliphatic heterocycles. The summed E-state index contributed by atoms with van der Waals surface area (Å²) in [6.07, 6.45) is 2.48. The fourth-order valence-corrected chi connectivity index (χ4v) is 2.38. The van der Waals surface area contributed by atoms with Crippen LogP contribution in [0.25, 0.3) is 0 Å². The Morgan fingerprint density at radius 1 is 1.45 bits per heavy atom. The molecule has 0 aliphatic carbocycles. The van der Waals surface area contributed by atoms with E-state index in [2.05, 4.69) is 17.1 Å². The van der Waals surface area contributed by atoms with E-state index in [9.17, 15) is 4.79 Å². The van der Waals surface area contributed by atoms with Crippen molar-refractivity contribution in [2.75, 3.05) is 33.4 Å². The quantitative estimate of drug-likeness (QED) is 0.809. The smallest absolute Gasteiger partial charge is 0.287 e. The van der Waals surface area contributed by atoms with E-state index in [4.69, 9.17) is 9.15 Å². The molecule has 0 radical (unpaired) electrons. The summed E-state index contributed by atoms with van der Waals surface area (Å²) in [7, 11) is 1.61. The van der Waals surface area contributed by atoms with Crippen molar-refractivity contribution in [3.63, 3.8) is 0 Å². The van der Waals surface area contributed by atoms with Crippen LogP contribution in [0, 0.1) is 5.92 Å². The summed E-state index contributed by atoms with van der Waals surface area (Å²) < 4.78 is 10.5. The molecule has 0 aromatic carbocycles. The molecule has 1 saturated heterocycles. The summed E-state index contributed by atoms with van der Waals surface area (Å²) in [5.41, 5.74) is 0. The highest BCUT2D eigenvalue weighted by Crippen LogP contribution is 2.19. The second kappa shape index (κ2) is 7.45. The molecule has 1 amide bonds. The second-order valence-corrected chi connectivity index (χ2v) is 5.47. The highest BCUT2D eigenvalue weighted by atomic mass is 16.5. The Morgan fingerprint density at radius 3 is 2.90 bits per heavy atom. The Morgan fingerprint density at radius 2 is 2.20 bits per heavy atom. The summed E-state index contributed by atoms with van der Waals surface area (Å²) in [5.74, 6) is 1.88. The molecule has 0 spiro atoms. The molecule has 0 bridgehead atoms. The van der Waals surface area contributed by atoms with E-state index >= 15 is 0 Å². The highest BCUT2D eigenvalue weighted by molar-refractivity contribution is 5.91. The Balaban J connectivity index is 1.81. The van der Waals surface area contributed by atoms with E-state index < -0.39 is 0 Å². The first-order valence-corrected chi connectivity index (χ1v) is 7.27. The number of furan rings is 1. The number of amides is 1. The number of methoxy groups -OCH3 is 1. The van der Waals surface area contributed by atoms with Crippen LogP contribution in [0.4, 0.5) is 0 Å². The molecule has 2 heterocycles. The standard InChI is InChI=1S/C15H24N2O3/c1-12-5-8-17(9-6-12)11-13-3-4-14(20-13)15(18)16-7-10-19-2/h3-4,12H,5-11H2,1-2H3,(H,16,18). The lowest BCUT2D eigenvalue weighted by atomic mass is 9.99. The first-order chi connectivity index (χ1) is 9.69. The average Bonchev–Trinajstić information content (AvgIpc) is 2.90. The molecule has 0 atom stereocenters. The van der Waals surface area contributed by atoms with Gasteiger partial charge in [0, 0.05) is 13.7 Å². The molecule has 1 N–H and O–H groups in total. The number of carbonyl (C=O) groups is 1. The summed E-state index contributed by atoms with van der Waals surface area (Å²) in [6, 6.07) is 3.63. The monoisotopic (exact) mass is 280 g/mol. The van der Waals surface area contributed by atoms with Gasteiger partial charge in [-0.2, -0.15) is 0 Å². The fraction of sp³-hybridized carbons (Fsp3) is 0.667. The van der Waals surface area contributed by atoms with Crippen molar-refractivity contribution >= 4 is 5.91 Å². The van der Waals surface area contributed by atoms with E-state index in [0.717, 1.165) is 31.3 Å². The molecule has 1 fully saturated rings. The Labute approximate surface area is 120 Å². The van der Waals surface area contributed by atoms with Crippen LogP contribution in [-0.2, 0) is 11.3 Å². The van der Waals surface area contributed by atoms with Crippen molar-refractivity contribution in [3.8, 4) is 0 Å². The summed E-state index contributed by atoms with van der Waals surface area (Å²) >= 11 is 0. The first kappa shape index (κ1) is 15.1. The van der Waals surface area contributed by atoms with E-state index in [-0.39, 0.29) is 5.91 Å². The largest absolute Gasteiger partial charge is 0.455 e. The zero-order valence-electron chi connectivity index (χ0n) is 12.4. The van der Waals surface area contributed by atoms with Crippen molar-refractivity contribution in [2.24, 2.45) is 5.92 Å². The van der Waals surface area contributed by atoms with Gasteiger partial charge >= 0.3 is 0 Å². The van der Waals surface area contributed by atoms with Gasteiger partial charge in [-0.3, -0.25) is 9.69 Å². The maximum absolute atomic E-state index is 11.8. The SMILES string of the molecule is COCCNC(=O)c1ccc(CN2CCC(C)CC2)o1. The number of hydrogen-bond acceptors (Lipinski definition) is 4. The maximum atomic E-state index is 11.8. The third-order valence-corrected chi connectivity index (χ3v) is 3.73. The molecule has 1 aromatic heterocycles. The Bertz CT molecular complexity index is 423. The molecule has 1 aliphatic rings. The number of hydrogen-bond donors (Lipinski definition) is 1. The van der Waals surface area contributed by atoms with Gasteiger partial charge < -0.3 is 14.5 Å². The van der Waals surface area contributed by atoms with Gasteiger partial charge in [0.15, 0.2) is 5.76 Å². The molecular formula is C15H24N2O3. The van der Waals surface area contributed by atoms with Gasteiger partial charge in [-0.25, -0.2) is 0 Å². The van der Waals surface area contributed by atoms with Gasteiger partial charge in [0.1, 0.15) is 5.76 Å². The van der Waals surface area contributed by atoms with Crippen molar-refractivity contribution in [3.05, 3.63) is 23.7 Å². The zero-order valence-corrected chi connectivity index (χ0v) is 12.4. The average molecular weight is 280 g/mol. The Hall–Kier alpha value is -1.33. The third kappa shape index (κ3) is 4.35. The maximum Gasteiger partial charge on any atom is 0.287 e. The number of rotatable bonds is 6. The number of likely N-dealkylation sites (tertiary alicyclic amines) is 1. The minimum Gasteiger partial charge on any atom is -0.455 e. The van der Waals surface area contributed by atoms with Crippen molar-refractivity contribution < 1.29 is 13.9 Å². The topological polar surface area (TPSA) is 54.7 Å². The van der Waals surface area contributed by atoms with Gasteiger partial charge in [0.25, 0.3) is 5.91 Å². The molecule has 0 saturated carbocycles. The summed E-state index contributed by atoms with van der Waals surface area (Å²) in [4.78, 5) is 14.2. The van der Waals surface area contributed by atoms with Crippen LogP contribution in [0.5, 0.6) is 0 Å². The van der Waals surface area contributed by atoms with Crippen molar-refractivity contribution in [1.82, 2.24) is 10.2 Å². The van der Waals surface area contributed by atoms with Gasteiger partial charge in [-0.1, -0.05) is 6.92 Å². The van der Waals surface area contributed by atoms with Gasteiger partial charge in [0.05, 0.1) is 13.2 Å². The number of nitrogens with zero attached hydrogens (tertiary/aromatic N) is 1. The molecule has 5 nitrogen and oxygen atoms in total. The lowest BCUT2D eigenvalue weighted by molar-refractivity contribution is 0.0904. The second-order valence-electron chi connectivity index (χ2n) is 5.47. The molecule has 5 heteroatoms. The fourth-order valence-electron chi connectivity index (χ4n) is 2.38. The Kier molecular flexibility index (Phi) is 5.61. The lowest BCUT2D eigenvalue weighted by Crippen LogP contribution is -2.32. The number of carbonyl (C=O) groups excluding carboxylic acids is 1. The van der Waals surface area contributed by atoms with Crippen molar-refractivity contribution in [2.45, 2.75) is 26.3 Å². The van der Waals surface area contributed by atoms with E-state index in [0.29, 0.717) is 18.9 Å². The predicted molar refractivity (Wildman–Crippen MR) is 76.6 cm³/mol. The summed E-state index contributed by atoms with van der Waals surface area (Å²) in [6.45, 7) is 6.31. The predicted octanol–water partition coefficient (Wildman–Crippen LogP) is 1.89. The first-order valence-electron chi connectivity index (χ1n) is 7.27. The number of piperidine rings is 1. The van der Waals surface area contributed by atoms with Crippen LogP contribution >= 0.6 is 0 Å². The van der Waals surface area contributed by atoms with Crippen LogP contribution in [0.1, 0.15) is 36.1 Å². The van der Waals surface area contributed by atoms with Crippen molar-refractivity contribution in [1.29, 1.82) is 0 Å². The molecule has 0 unspecified atom stereocenters. The van der Waals surface area contributed by atoms with Crippen LogP contribution in [0.3, 0.4) is 0 Å². The van der Waals surface area contributed by atoms with Gasteiger partial charge in [-0.05, 0) is 44.0 Å². The molecule has 2 rings (SSSR count). The van der Waals surface area contributed by atoms with E-state index in [1.165, 1.54) is 12.8 Å². The van der Waals surface area contributed by atoms with Crippen LogP contribution in [0.2, 0.25) is 0 Å². The van der Waals surface area contributed by atoms with E-state index in [1.807, 2.05) is 6.07 Å². The van der Waals surface area contributed by atoms with Gasteiger partial charge in [0.2, 0.25) is 0 Å². The summed E-state index contributed by atoms with van der Waals surface area (Å²) in [5, 5.41) is 2.75. The molecule has 112 valence electrons. The molecule has 20 heavy (non-hydrogen) atoms. The van der Waals surface area contributed by atoms with Gasteiger partial charge in [-0.15, -0.1) is 0 Å².